The standard InChI is InChI=1S/C21H24O3/c1-3-4-14(2)11-16-12-21(15-5-7-17(22)8-6-15)24-20-10-9-18(23)13-19(16)20/h4-10,13,16,21-23H,3,11-12H2,1-2H3/p-1/b14-4+/t16-,21?/m1/s1. The molecule has 1 aliphatic heterocycles. The van der Waals surface area contributed by atoms with E-state index in [-0.39, 0.29) is 23.5 Å². The summed E-state index contributed by atoms with van der Waals surface area (Å²) in [5, 5.41) is 21.3. The Morgan fingerprint density at radius 1 is 1.25 bits per heavy atom. The molecule has 0 bridgehead atoms. The summed E-state index contributed by atoms with van der Waals surface area (Å²) in [6.45, 7) is 4.28. The fraction of sp³-hybridized carbons (Fsp3) is 0.333. The molecule has 2 aromatic rings. The van der Waals surface area contributed by atoms with Crippen molar-refractivity contribution in [1.29, 1.82) is 0 Å². The second-order valence-corrected chi connectivity index (χ2v) is 6.49. The number of hydrogen-bond donors (Lipinski definition) is 1. The number of phenols is 1. The quantitative estimate of drug-likeness (QED) is 0.821. The first-order valence-corrected chi connectivity index (χ1v) is 8.49. The lowest BCUT2D eigenvalue weighted by molar-refractivity contribution is -0.268. The van der Waals surface area contributed by atoms with E-state index in [9.17, 15) is 10.2 Å². The van der Waals surface area contributed by atoms with E-state index in [1.807, 2.05) is 12.1 Å². The predicted octanol–water partition coefficient (Wildman–Crippen LogP) is 4.82. The summed E-state index contributed by atoms with van der Waals surface area (Å²) < 4.78 is 6.14. The minimum Gasteiger partial charge on any atom is -0.872 e. The highest BCUT2D eigenvalue weighted by Gasteiger charge is 2.29. The Labute approximate surface area is 143 Å². The molecular formula is C21H23O3-. The number of aromatic hydroxyl groups is 1. The third kappa shape index (κ3) is 3.56. The minimum absolute atomic E-state index is 0.0301. The maximum Gasteiger partial charge on any atom is 0.124 e. The molecule has 0 spiro atoms. The number of phenolic OH excluding ortho intramolecular Hbond substituents is 1. The molecule has 1 unspecified atom stereocenters. The van der Waals surface area contributed by atoms with Crippen LogP contribution in [0.4, 0.5) is 0 Å². The zero-order valence-corrected chi connectivity index (χ0v) is 14.2. The molecule has 0 aliphatic carbocycles. The normalized spacial score (nSPS) is 20.3. The Balaban J connectivity index is 1.93. The van der Waals surface area contributed by atoms with Gasteiger partial charge in [0.05, 0.1) is 0 Å². The number of benzene rings is 2. The van der Waals surface area contributed by atoms with E-state index < -0.39 is 0 Å². The molecule has 24 heavy (non-hydrogen) atoms. The van der Waals surface area contributed by atoms with Gasteiger partial charge in [0.15, 0.2) is 0 Å². The summed E-state index contributed by atoms with van der Waals surface area (Å²) >= 11 is 0. The van der Waals surface area contributed by atoms with E-state index in [2.05, 4.69) is 19.9 Å². The summed E-state index contributed by atoms with van der Waals surface area (Å²) in [6.07, 6.45) is 4.96. The number of ether oxygens (including phenoxy) is 1. The summed E-state index contributed by atoms with van der Waals surface area (Å²) in [4.78, 5) is 0. The van der Waals surface area contributed by atoms with Gasteiger partial charge in [-0.25, -0.2) is 0 Å². The first kappa shape index (κ1) is 16.4. The van der Waals surface area contributed by atoms with Crippen molar-refractivity contribution < 1.29 is 14.9 Å². The highest BCUT2D eigenvalue weighted by Crippen LogP contribution is 2.45. The second kappa shape index (κ2) is 7.00. The van der Waals surface area contributed by atoms with Crippen LogP contribution in [0.25, 0.3) is 0 Å². The molecule has 0 saturated carbocycles. The highest BCUT2D eigenvalue weighted by molar-refractivity contribution is 5.44. The fourth-order valence-electron chi connectivity index (χ4n) is 3.45. The van der Waals surface area contributed by atoms with Crippen LogP contribution in [0.15, 0.2) is 54.1 Å². The van der Waals surface area contributed by atoms with E-state index in [0.29, 0.717) is 0 Å². The van der Waals surface area contributed by atoms with E-state index in [1.165, 1.54) is 5.57 Å². The smallest absolute Gasteiger partial charge is 0.124 e. The number of fused-ring (bicyclic) bond motifs is 1. The van der Waals surface area contributed by atoms with Crippen molar-refractivity contribution in [2.24, 2.45) is 0 Å². The largest absolute Gasteiger partial charge is 0.872 e. The van der Waals surface area contributed by atoms with E-state index in [4.69, 9.17) is 4.74 Å². The Kier molecular flexibility index (Phi) is 4.79. The van der Waals surface area contributed by atoms with E-state index >= 15 is 0 Å². The van der Waals surface area contributed by atoms with Gasteiger partial charge in [-0.1, -0.05) is 42.8 Å². The third-order valence-corrected chi connectivity index (χ3v) is 4.57. The topological polar surface area (TPSA) is 52.5 Å². The van der Waals surface area contributed by atoms with Crippen LogP contribution in [0.2, 0.25) is 0 Å². The van der Waals surface area contributed by atoms with Gasteiger partial charge in [-0.3, -0.25) is 0 Å². The van der Waals surface area contributed by atoms with Crippen LogP contribution in [-0.2, 0) is 0 Å². The van der Waals surface area contributed by atoms with Crippen LogP contribution < -0.4 is 9.84 Å². The number of allylic oxidation sites excluding steroid dienone is 2. The van der Waals surface area contributed by atoms with Crippen LogP contribution in [0.5, 0.6) is 17.2 Å². The van der Waals surface area contributed by atoms with E-state index in [0.717, 1.165) is 36.1 Å². The van der Waals surface area contributed by atoms with Crippen LogP contribution in [0.3, 0.4) is 0 Å². The van der Waals surface area contributed by atoms with Gasteiger partial charge in [-0.15, -0.1) is 5.75 Å². The summed E-state index contributed by atoms with van der Waals surface area (Å²) in [6, 6.07) is 12.2. The van der Waals surface area contributed by atoms with Crippen LogP contribution >= 0.6 is 0 Å². The predicted molar refractivity (Wildman–Crippen MR) is 93.4 cm³/mol. The van der Waals surface area contributed by atoms with Crippen molar-refractivity contribution in [2.45, 2.75) is 45.1 Å². The molecule has 0 fully saturated rings. The monoisotopic (exact) mass is 323 g/mol. The average molecular weight is 323 g/mol. The molecule has 2 atom stereocenters. The van der Waals surface area contributed by atoms with Gasteiger partial charge < -0.3 is 14.9 Å². The lowest BCUT2D eigenvalue weighted by Crippen LogP contribution is -2.19. The summed E-state index contributed by atoms with van der Waals surface area (Å²) in [5.74, 6) is 1.35. The zero-order chi connectivity index (χ0) is 17.1. The highest BCUT2D eigenvalue weighted by atomic mass is 16.5. The zero-order valence-electron chi connectivity index (χ0n) is 14.2. The molecule has 0 amide bonds. The van der Waals surface area contributed by atoms with Crippen molar-refractivity contribution in [1.82, 2.24) is 0 Å². The molecule has 0 aromatic heterocycles. The second-order valence-electron chi connectivity index (χ2n) is 6.49. The van der Waals surface area contributed by atoms with Crippen molar-refractivity contribution >= 4 is 0 Å². The molecule has 3 heteroatoms. The lowest BCUT2D eigenvalue weighted by Gasteiger charge is -2.33. The van der Waals surface area contributed by atoms with Gasteiger partial charge in [-0.05, 0) is 61.4 Å². The number of rotatable bonds is 4. The molecule has 3 nitrogen and oxygen atoms in total. The van der Waals surface area contributed by atoms with Crippen molar-refractivity contribution in [2.75, 3.05) is 0 Å². The maximum atomic E-state index is 11.8. The van der Waals surface area contributed by atoms with E-state index in [1.54, 1.807) is 30.3 Å². The average Bonchev–Trinajstić information content (AvgIpc) is 2.56. The van der Waals surface area contributed by atoms with Crippen molar-refractivity contribution in [3.63, 3.8) is 0 Å². The molecule has 1 N–H and O–H groups in total. The van der Waals surface area contributed by atoms with Gasteiger partial charge in [0.1, 0.15) is 17.6 Å². The summed E-state index contributed by atoms with van der Waals surface area (Å²) in [7, 11) is 0. The molecule has 2 aromatic carbocycles. The van der Waals surface area contributed by atoms with Crippen molar-refractivity contribution in [3.05, 3.63) is 65.2 Å². The van der Waals surface area contributed by atoms with Crippen molar-refractivity contribution in [3.8, 4) is 17.2 Å². The van der Waals surface area contributed by atoms with Gasteiger partial charge in [-0.2, -0.15) is 0 Å². The molecular weight excluding hydrogens is 300 g/mol. The van der Waals surface area contributed by atoms with Gasteiger partial charge in [0.25, 0.3) is 0 Å². The molecule has 1 heterocycles. The Hall–Kier alpha value is -2.42. The molecule has 126 valence electrons. The molecule has 0 radical (unpaired) electrons. The molecule has 1 aliphatic rings. The first-order chi connectivity index (χ1) is 11.6. The number of hydrogen-bond acceptors (Lipinski definition) is 3. The first-order valence-electron chi connectivity index (χ1n) is 8.49. The maximum absolute atomic E-state index is 11.8. The van der Waals surface area contributed by atoms with Crippen LogP contribution in [0, 0.1) is 0 Å². The SMILES string of the molecule is CC/C=C(\C)C[C@@H]1CC(c2ccc(O)cc2)Oc2ccc([O-])cc21. The third-order valence-electron chi connectivity index (χ3n) is 4.57. The molecule has 3 rings (SSSR count). The minimum atomic E-state index is -0.0602. The fourth-order valence-corrected chi connectivity index (χ4v) is 3.45. The Morgan fingerprint density at radius 3 is 2.71 bits per heavy atom. The van der Waals surface area contributed by atoms with Crippen LogP contribution in [0.1, 0.15) is 56.3 Å². The van der Waals surface area contributed by atoms with Gasteiger partial charge in [0.2, 0.25) is 0 Å². The van der Waals surface area contributed by atoms with Crippen LogP contribution in [-0.4, -0.2) is 5.11 Å². The Morgan fingerprint density at radius 2 is 2.00 bits per heavy atom. The molecule has 0 saturated heterocycles. The lowest BCUT2D eigenvalue weighted by atomic mass is 9.83. The summed E-state index contributed by atoms with van der Waals surface area (Å²) in [5.41, 5.74) is 3.41. The van der Waals surface area contributed by atoms with Gasteiger partial charge in [0, 0.05) is 0 Å². The Bertz CT molecular complexity index is 731. The van der Waals surface area contributed by atoms with Gasteiger partial charge >= 0.3 is 0 Å².